The molecule has 0 fully saturated rings. The highest BCUT2D eigenvalue weighted by Crippen LogP contribution is 2.47. The summed E-state index contributed by atoms with van der Waals surface area (Å²) in [6.45, 7) is -2.16. The Kier molecular flexibility index (Phi) is 5.97. The highest BCUT2D eigenvalue weighted by Gasteiger charge is 2.14. The molecule has 3 heteroatoms. The maximum atomic E-state index is 7.29. The zero-order valence-corrected chi connectivity index (χ0v) is 17.4. The van der Waals surface area contributed by atoms with Crippen LogP contribution in [0, 0.1) is 0 Å². The first kappa shape index (κ1) is 19.0. The van der Waals surface area contributed by atoms with Crippen molar-refractivity contribution < 1.29 is 0 Å². The molecule has 28 heavy (non-hydrogen) atoms. The number of hydrogen-bond acceptors (Lipinski definition) is 0. The van der Waals surface area contributed by atoms with Gasteiger partial charge in [0.2, 0.25) is 0 Å². The summed E-state index contributed by atoms with van der Waals surface area (Å²) in [4.78, 5) is 0. The Bertz CT molecular complexity index is 980. The Hall–Kier alpha value is -2.33. The van der Waals surface area contributed by atoms with E-state index in [1.807, 2.05) is 0 Å². The van der Waals surface area contributed by atoms with Crippen molar-refractivity contribution in [1.82, 2.24) is 0 Å². The molecule has 4 rings (SSSR count). The van der Waals surface area contributed by atoms with Crippen LogP contribution in [0.4, 0.5) is 0 Å². The molecule has 4 aromatic carbocycles. The minimum Gasteiger partial charge on any atom is -0.563 e. The molecular weight excluding hydrogens is 373 g/mol. The summed E-state index contributed by atoms with van der Waals surface area (Å²) in [6, 6.07) is 42.6. The van der Waals surface area contributed by atoms with Gasteiger partial charge in [-0.3, -0.25) is 6.76 Å². The lowest BCUT2D eigenvalue weighted by Gasteiger charge is -2.39. The molecule has 0 nitrogen and oxygen atoms in total. The molecule has 0 saturated heterocycles. The predicted octanol–water partition coefficient (Wildman–Crippen LogP) is 4.63. The highest BCUT2D eigenvalue weighted by molar-refractivity contribution is 8.15. The monoisotopic (exact) mass is 394 g/mol. The van der Waals surface area contributed by atoms with Crippen molar-refractivity contribution in [3.63, 3.8) is 0 Å². The molecule has 0 atom stereocenters. The van der Waals surface area contributed by atoms with Gasteiger partial charge in [0.25, 0.3) is 0 Å². The summed E-state index contributed by atoms with van der Waals surface area (Å²) < 4.78 is 0. The van der Waals surface area contributed by atoms with Crippen molar-refractivity contribution in [3.05, 3.63) is 121 Å². The predicted molar refractivity (Wildman–Crippen MR) is 130 cm³/mol. The Morgan fingerprint density at radius 2 is 0.821 bits per heavy atom. The number of benzene rings is 4. The summed E-state index contributed by atoms with van der Waals surface area (Å²) >= 11 is 0. The van der Waals surface area contributed by atoms with Gasteiger partial charge in [0, 0.05) is 0 Å². The second kappa shape index (κ2) is 8.79. The SMILES string of the molecule is [B-]P(=CP(c1ccccc1)c1ccccc1)(c1ccccc1)c1ccccc1. The van der Waals surface area contributed by atoms with Crippen molar-refractivity contribution in [2.45, 2.75) is 0 Å². The summed E-state index contributed by atoms with van der Waals surface area (Å²) in [5, 5.41) is 5.07. The third kappa shape index (κ3) is 4.07. The van der Waals surface area contributed by atoms with Gasteiger partial charge in [0.1, 0.15) is 0 Å². The van der Waals surface area contributed by atoms with E-state index in [0.717, 1.165) is 0 Å². The normalized spacial score (nSPS) is 11.4. The van der Waals surface area contributed by atoms with Crippen LogP contribution in [0.1, 0.15) is 0 Å². The van der Waals surface area contributed by atoms with Crippen molar-refractivity contribution in [2.24, 2.45) is 0 Å². The summed E-state index contributed by atoms with van der Waals surface area (Å²) in [5.41, 5.74) is 2.46. The van der Waals surface area contributed by atoms with E-state index in [0.29, 0.717) is 0 Å². The number of rotatable bonds is 5. The third-order valence-corrected chi connectivity index (χ3v) is 11.1. The molecule has 0 heterocycles. The van der Waals surface area contributed by atoms with Crippen LogP contribution in [0.15, 0.2) is 121 Å². The van der Waals surface area contributed by atoms with Gasteiger partial charge < -0.3 is 7.57 Å². The molecule has 0 saturated carbocycles. The Morgan fingerprint density at radius 1 is 0.500 bits per heavy atom. The molecule has 0 N–H and O–H groups in total. The summed E-state index contributed by atoms with van der Waals surface area (Å²) in [7, 11) is 6.60. The van der Waals surface area contributed by atoms with Crippen LogP contribution in [0.25, 0.3) is 0 Å². The molecule has 0 spiro atoms. The molecule has 0 unspecified atom stereocenters. The van der Waals surface area contributed by atoms with Gasteiger partial charge in [-0.1, -0.05) is 137 Å². The van der Waals surface area contributed by atoms with Crippen molar-refractivity contribution in [3.8, 4) is 0 Å². The highest BCUT2D eigenvalue weighted by atomic mass is 31.2. The standard InChI is InChI=1S/C25H21BP2/c26-28(24-17-9-3-10-18-24,25-19-11-4-12-20-25)21-27(22-13-5-1-6-14-22)23-15-7-2-8-16-23/h1-21H/q-1. The lowest BCUT2D eigenvalue weighted by atomic mass is 10.4. The molecule has 0 aliphatic carbocycles. The van der Waals surface area contributed by atoms with Crippen molar-refractivity contribution >= 4 is 49.0 Å². The average molecular weight is 394 g/mol. The van der Waals surface area contributed by atoms with Crippen LogP contribution >= 0.6 is 14.7 Å². The van der Waals surface area contributed by atoms with E-state index in [1.165, 1.54) is 21.2 Å². The van der Waals surface area contributed by atoms with Gasteiger partial charge in [0.05, 0.1) is 0 Å². The van der Waals surface area contributed by atoms with E-state index < -0.39 is 14.7 Å². The van der Waals surface area contributed by atoms with Crippen molar-refractivity contribution in [1.29, 1.82) is 0 Å². The first-order valence-corrected chi connectivity index (χ1v) is 12.6. The fourth-order valence-electron chi connectivity index (χ4n) is 3.27. The Morgan fingerprint density at radius 3 is 1.18 bits per heavy atom. The maximum absolute atomic E-state index is 7.29. The first-order valence-electron chi connectivity index (χ1n) is 9.31. The lowest BCUT2D eigenvalue weighted by Crippen LogP contribution is -2.21. The van der Waals surface area contributed by atoms with Gasteiger partial charge in [-0.25, -0.2) is 0 Å². The molecule has 0 aliphatic heterocycles. The van der Waals surface area contributed by atoms with Crippen LogP contribution in [-0.2, 0) is 0 Å². The Labute approximate surface area is 170 Å². The quantitative estimate of drug-likeness (QED) is 0.342. The molecular formula is C25H21BP2-. The number of hydrogen-bond donors (Lipinski definition) is 0. The molecule has 0 aromatic heterocycles. The van der Waals surface area contributed by atoms with Crippen LogP contribution in [0.5, 0.6) is 0 Å². The summed E-state index contributed by atoms with van der Waals surface area (Å²) in [6.07, 6.45) is 0. The van der Waals surface area contributed by atoms with Gasteiger partial charge in [0.15, 0.2) is 0 Å². The van der Waals surface area contributed by atoms with Gasteiger partial charge >= 0.3 is 0 Å². The Balaban J connectivity index is 1.97. The zero-order chi connectivity index (χ0) is 19.2. The van der Waals surface area contributed by atoms with Gasteiger partial charge in [-0.15, -0.1) is 0 Å². The maximum Gasteiger partial charge on any atom is -0.0157 e. The molecule has 3 radical (unpaired) electrons. The topological polar surface area (TPSA) is 0 Å². The second-order valence-corrected chi connectivity index (χ2v) is 11.9. The van der Waals surface area contributed by atoms with E-state index in [-0.39, 0.29) is 0 Å². The largest absolute Gasteiger partial charge is 0.563 e. The average Bonchev–Trinajstić information content (AvgIpc) is 2.80. The van der Waals surface area contributed by atoms with Crippen LogP contribution in [-0.4, -0.2) is 13.1 Å². The first-order chi connectivity index (χ1) is 13.8. The minimum atomic E-state index is -2.16. The fraction of sp³-hybridized carbons (Fsp3) is 0. The van der Waals surface area contributed by atoms with Crippen LogP contribution in [0.3, 0.4) is 0 Å². The minimum absolute atomic E-state index is 0.687. The smallest absolute Gasteiger partial charge is 0.0157 e. The van der Waals surface area contributed by atoms with E-state index in [9.17, 15) is 0 Å². The van der Waals surface area contributed by atoms with Gasteiger partial charge in [-0.2, -0.15) is 0 Å². The zero-order valence-electron chi connectivity index (χ0n) is 15.6. The second-order valence-electron chi connectivity index (χ2n) is 6.60. The molecule has 4 aromatic rings. The molecule has 0 bridgehead atoms. The lowest BCUT2D eigenvalue weighted by molar-refractivity contribution is 1.75. The summed E-state index contributed by atoms with van der Waals surface area (Å²) in [5.74, 6) is 0. The van der Waals surface area contributed by atoms with Crippen LogP contribution < -0.4 is 21.2 Å². The van der Waals surface area contributed by atoms with Crippen molar-refractivity contribution in [2.75, 3.05) is 0 Å². The van der Waals surface area contributed by atoms with E-state index in [2.05, 4.69) is 127 Å². The third-order valence-electron chi connectivity index (χ3n) is 4.73. The van der Waals surface area contributed by atoms with Gasteiger partial charge in [-0.05, 0) is 18.5 Å². The fourth-order valence-corrected chi connectivity index (χ4v) is 9.78. The van der Waals surface area contributed by atoms with E-state index in [1.54, 1.807) is 0 Å². The molecule has 0 amide bonds. The van der Waals surface area contributed by atoms with Crippen LogP contribution in [0.2, 0.25) is 0 Å². The molecule has 135 valence electrons. The van der Waals surface area contributed by atoms with E-state index in [4.69, 9.17) is 7.57 Å². The molecule has 0 aliphatic rings. The van der Waals surface area contributed by atoms with E-state index >= 15 is 0 Å².